The summed E-state index contributed by atoms with van der Waals surface area (Å²) in [5.41, 5.74) is 0.593. The average Bonchev–Trinajstić information content (AvgIpc) is 2.82. The molecule has 0 saturated carbocycles. The Morgan fingerprint density at radius 1 is 1.03 bits per heavy atom. The normalized spacial score (nSPS) is 14.0. The van der Waals surface area contributed by atoms with Gasteiger partial charge in [-0.2, -0.15) is 8.78 Å². The van der Waals surface area contributed by atoms with Crippen molar-refractivity contribution in [2.75, 3.05) is 39.9 Å². The largest absolute Gasteiger partial charge is 0.493 e. The van der Waals surface area contributed by atoms with Crippen LogP contribution in [0.3, 0.4) is 0 Å². The zero-order valence-electron chi connectivity index (χ0n) is 17.9. The highest BCUT2D eigenvalue weighted by Gasteiger charge is 2.23. The Hall–Kier alpha value is -3.33. The first-order valence-electron chi connectivity index (χ1n) is 10.1. The number of carbonyl (C=O) groups excluding carboxylic acids is 2. The first-order chi connectivity index (χ1) is 15.9. The van der Waals surface area contributed by atoms with E-state index >= 15 is 0 Å². The van der Waals surface area contributed by atoms with Crippen LogP contribution in [0.15, 0.2) is 48.5 Å². The molecule has 0 spiro atoms. The molecule has 0 unspecified atom stereocenters. The van der Waals surface area contributed by atoms with Gasteiger partial charge in [-0.05, 0) is 48.0 Å². The molecule has 2 aromatic carbocycles. The molecule has 176 valence electrons. The van der Waals surface area contributed by atoms with Gasteiger partial charge in [-0.1, -0.05) is 17.7 Å². The van der Waals surface area contributed by atoms with Crippen molar-refractivity contribution in [1.82, 2.24) is 9.80 Å². The lowest BCUT2D eigenvalue weighted by Crippen LogP contribution is -2.51. The minimum Gasteiger partial charge on any atom is -0.493 e. The van der Waals surface area contributed by atoms with Gasteiger partial charge in [0.15, 0.2) is 18.1 Å². The first-order valence-corrected chi connectivity index (χ1v) is 10.5. The van der Waals surface area contributed by atoms with E-state index < -0.39 is 6.61 Å². The summed E-state index contributed by atoms with van der Waals surface area (Å²) in [4.78, 5) is 28.1. The minimum absolute atomic E-state index is 0.0863. The monoisotopic (exact) mass is 480 g/mol. The van der Waals surface area contributed by atoms with E-state index in [4.69, 9.17) is 21.1 Å². The van der Waals surface area contributed by atoms with Crippen LogP contribution in [0.1, 0.15) is 5.56 Å². The molecule has 10 heteroatoms. The van der Waals surface area contributed by atoms with E-state index in [1.54, 1.807) is 46.2 Å². The van der Waals surface area contributed by atoms with Crippen LogP contribution in [0.25, 0.3) is 6.08 Å². The third-order valence-corrected chi connectivity index (χ3v) is 5.19. The molecule has 7 nitrogen and oxygen atoms in total. The molecule has 0 atom stereocenters. The number of hydrogen-bond donors (Lipinski definition) is 0. The quantitative estimate of drug-likeness (QED) is 0.539. The molecule has 1 heterocycles. The zero-order chi connectivity index (χ0) is 23.8. The molecule has 1 aliphatic heterocycles. The second-order valence-corrected chi connectivity index (χ2v) is 7.51. The average molecular weight is 481 g/mol. The van der Waals surface area contributed by atoms with Crippen molar-refractivity contribution >= 4 is 29.5 Å². The second kappa shape index (κ2) is 11.5. The van der Waals surface area contributed by atoms with Crippen molar-refractivity contribution in [3.05, 3.63) is 59.1 Å². The summed E-state index contributed by atoms with van der Waals surface area (Å²) in [6, 6.07) is 11.1. The summed E-state index contributed by atoms with van der Waals surface area (Å²) in [7, 11) is 1.34. The van der Waals surface area contributed by atoms with Gasteiger partial charge in [0.1, 0.15) is 5.75 Å². The maximum Gasteiger partial charge on any atom is 0.387 e. The molecule has 0 bridgehead atoms. The molecule has 0 aliphatic carbocycles. The van der Waals surface area contributed by atoms with Gasteiger partial charge in [0, 0.05) is 37.3 Å². The number of hydrogen-bond acceptors (Lipinski definition) is 5. The van der Waals surface area contributed by atoms with Crippen molar-refractivity contribution < 1.29 is 32.6 Å². The SMILES string of the molecule is COc1cc(/C=C/C(=O)N2CCN(C(=O)COc3ccc(Cl)cc3)CC2)ccc1OC(F)F. The predicted octanol–water partition coefficient (Wildman–Crippen LogP) is 3.71. The van der Waals surface area contributed by atoms with Crippen molar-refractivity contribution in [2.24, 2.45) is 0 Å². The molecular formula is C23H23ClF2N2O5. The number of rotatable bonds is 8. The van der Waals surface area contributed by atoms with Gasteiger partial charge >= 0.3 is 6.61 Å². The zero-order valence-corrected chi connectivity index (χ0v) is 18.6. The summed E-state index contributed by atoms with van der Waals surface area (Å²) in [6.45, 7) is -1.48. The number of halogens is 3. The number of ether oxygens (including phenoxy) is 3. The Kier molecular flexibility index (Phi) is 8.48. The lowest BCUT2D eigenvalue weighted by Gasteiger charge is -2.34. The van der Waals surface area contributed by atoms with Crippen LogP contribution in [0, 0.1) is 0 Å². The van der Waals surface area contributed by atoms with Gasteiger partial charge in [-0.15, -0.1) is 0 Å². The topological polar surface area (TPSA) is 68.3 Å². The molecule has 1 saturated heterocycles. The fraction of sp³-hybridized carbons (Fsp3) is 0.304. The number of nitrogens with zero attached hydrogens (tertiary/aromatic N) is 2. The fourth-order valence-electron chi connectivity index (χ4n) is 3.20. The molecule has 3 rings (SSSR count). The number of alkyl halides is 2. The van der Waals surface area contributed by atoms with Gasteiger partial charge in [-0.3, -0.25) is 9.59 Å². The van der Waals surface area contributed by atoms with Crippen molar-refractivity contribution in [3.63, 3.8) is 0 Å². The van der Waals surface area contributed by atoms with Gasteiger partial charge in [0.05, 0.1) is 7.11 Å². The van der Waals surface area contributed by atoms with E-state index in [-0.39, 0.29) is 29.9 Å². The van der Waals surface area contributed by atoms with Crippen LogP contribution in [0.2, 0.25) is 5.02 Å². The highest BCUT2D eigenvalue weighted by atomic mass is 35.5. The molecule has 2 aromatic rings. The molecule has 0 radical (unpaired) electrons. The van der Waals surface area contributed by atoms with Gasteiger partial charge in [0.2, 0.25) is 5.91 Å². The number of benzene rings is 2. The first kappa shape index (κ1) is 24.3. The Labute approximate surface area is 195 Å². The highest BCUT2D eigenvalue weighted by molar-refractivity contribution is 6.30. The van der Waals surface area contributed by atoms with Crippen LogP contribution in [0.5, 0.6) is 17.2 Å². The summed E-state index contributed by atoms with van der Waals surface area (Å²) >= 11 is 5.83. The lowest BCUT2D eigenvalue weighted by atomic mass is 10.2. The number of piperazine rings is 1. The van der Waals surface area contributed by atoms with E-state index in [0.717, 1.165) is 0 Å². The molecule has 1 fully saturated rings. The van der Waals surface area contributed by atoms with Gasteiger partial charge < -0.3 is 24.0 Å². The third kappa shape index (κ3) is 7.08. The Balaban J connectivity index is 1.48. The standard InChI is InChI=1S/C23H23ClF2N2O5/c1-31-20-14-16(2-8-19(20)33-23(25)26)3-9-21(29)27-10-12-28(13-11-27)22(30)15-32-18-6-4-17(24)5-7-18/h2-9,14,23H,10-13,15H2,1H3/b9-3+. The molecule has 0 N–H and O–H groups in total. The van der Waals surface area contributed by atoms with Gasteiger partial charge in [-0.25, -0.2) is 0 Å². The number of amides is 2. The molecule has 33 heavy (non-hydrogen) atoms. The smallest absolute Gasteiger partial charge is 0.387 e. The van der Waals surface area contributed by atoms with E-state index in [1.165, 1.54) is 25.3 Å². The van der Waals surface area contributed by atoms with E-state index in [2.05, 4.69) is 4.74 Å². The summed E-state index contributed by atoms with van der Waals surface area (Å²) in [6.07, 6.45) is 2.96. The fourth-order valence-corrected chi connectivity index (χ4v) is 3.32. The molecule has 2 amide bonds. The summed E-state index contributed by atoms with van der Waals surface area (Å²) in [5, 5.41) is 0.584. The second-order valence-electron chi connectivity index (χ2n) is 7.07. The third-order valence-electron chi connectivity index (χ3n) is 4.94. The predicted molar refractivity (Wildman–Crippen MR) is 119 cm³/mol. The van der Waals surface area contributed by atoms with Gasteiger partial charge in [0.25, 0.3) is 5.91 Å². The summed E-state index contributed by atoms with van der Waals surface area (Å²) in [5.74, 6) is 0.226. The highest BCUT2D eigenvalue weighted by Crippen LogP contribution is 2.29. The summed E-state index contributed by atoms with van der Waals surface area (Å²) < 4.78 is 39.8. The van der Waals surface area contributed by atoms with E-state index in [0.29, 0.717) is 42.5 Å². The maximum absolute atomic E-state index is 12.5. The van der Waals surface area contributed by atoms with Crippen molar-refractivity contribution in [2.45, 2.75) is 6.61 Å². The Morgan fingerprint density at radius 3 is 2.33 bits per heavy atom. The van der Waals surface area contributed by atoms with Crippen LogP contribution in [0.4, 0.5) is 8.78 Å². The molecule has 0 aromatic heterocycles. The van der Waals surface area contributed by atoms with Crippen LogP contribution >= 0.6 is 11.6 Å². The Bertz CT molecular complexity index is 993. The van der Waals surface area contributed by atoms with Crippen molar-refractivity contribution in [1.29, 1.82) is 0 Å². The molecular weight excluding hydrogens is 458 g/mol. The van der Waals surface area contributed by atoms with Crippen LogP contribution < -0.4 is 14.2 Å². The lowest BCUT2D eigenvalue weighted by molar-refractivity contribution is -0.138. The Morgan fingerprint density at radius 2 is 1.70 bits per heavy atom. The maximum atomic E-state index is 12.5. The van der Waals surface area contributed by atoms with E-state index in [9.17, 15) is 18.4 Å². The van der Waals surface area contributed by atoms with Crippen LogP contribution in [-0.4, -0.2) is 68.1 Å². The molecule has 1 aliphatic rings. The van der Waals surface area contributed by atoms with E-state index in [1.807, 2.05) is 0 Å². The van der Waals surface area contributed by atoms with Crippen molar-refractivity contribution in [3.8, 4) is 17.2 Å². The number of carbonyl (C=O) groups is 2. The van der Waals surface area contributed by atoms with Crippen LogP contribution in [-0.2, 0) is 9.59 Å². The number of methoxy groups -OCH3 is 1. The minimum atomic E-state index is -2.96.